The topological polar surface area (TPSA) is 39.1 Å². The molecular weight excluding hydrogens is 202 g/mol. The molecule has 0 saturated heterocycles. The van der Waals surface area contributed by atoms with Gasteiger partial charge in [0.05, 0.1) is 11.8 Å². The van der Waals surface area contributed by atoms with Gasteiger partial charge in [-0.2, -0.15) is 5.10 Å². The first-order valence-electron chi connectivity index (χ1n) is 5.75. The van der Waals surface area contributed by atoms with Gasteiger partial charge in [-0.25, -0.2) is 0 Å². The number of nitrogens with zero attached hydrogens (tertiary/aromatic N) is 2. The number of rotatable bonds is 6. The lowest BCUT2D eigenvalue weighted by Crippen LogP contribution is -2.49. The van der Waals surface area contributed by atoms with Gasteiger partial charge in [-0.1, -0.05) is 6.92 Å². The average Bonchev–Trinajstić information content (AvgIpc) is 2.63. The fourth-order valence-electron chi connectivity index (χ4n) is 1.77. The Morgan fingerprint density at radius 3 is 2.69 bits per heavy atom. The zero-order valence-corrected chi connectivity index (χ0v) is 10.9. The van der Waals surface area contributed by atoms with Crippen LogP contribution >= 0.6 is 0 Å². The van der Waals surface area contributed by atoms with Crippen LogP contribution in [-0.2, 0) is 18.2 Å². The average molecular weight is 225 g/mol. The van der Waals surface area contributed by atoms with E-state index >= 15 is 0 Å². The normalized spacial score (nSPS) is 14.1. The minimum absolute atomic E-state index is 0.175. The fourth-order valence-corrected chi connectivity index (χ4v) is 1.77. The van der Waals surface area contributed by atoms with Crippen LogP contribution in [0.3, 0.4) is 0 Å². The molecule has 0 spiro atoms. The van der Waals surface area contributed by atoms with Crippen LogP contribution in [0.2, 0.25) is 0 Å². The van der Waals surface area contributed by atoms with Gasteiger partial charge < -0.3 is 10.1 Å². The summed E-state index contributed by atoms with van der Waals surface area (Å²) in [5.74, 6) is 0. The Bertz CT molecular complexity index is 320. The van der Waals surface area contributed by atoms with Gasteiger partial charge in [-0.3, -0.25) is 4.68 Å². The third-order valence-corrected chi connectivity index (χ3v) is 3.01. The van der Waals surface area contributed by atoms with Crippen molar-refractivity contribution < 1.29 is 4.74 Å². The van der Waals surface area contributed by atoms with E-state index in [2.05, 4.69) is 37.4 Å². The van der Waals surface area contributed by atoms with Gasteiger partial charge in [-0.15, -0.1) is 0 Å². The molecule has 0 fully saturated rings. The third-order valence-electron chi connectivity index (χ3n) is 3.01. The SMILES string of the molecule is CCNC(Cc1cnn(C)c1)C(C)(C)OC. The van der Waals surface area contributed by atoms with Crippen molar-refractivity contribution in [2.24, 2.45) is 7.05 Å². The van der Waals surface area contributed by atoms with Crippen LogP contribution in [0.4, 0.5) is 0 Å². The second-order valence-corrected chi connectivity index (χ2v) is 4.64. The number of hydrogen-bond donors (Lipinski definition) is 1. The Morgan fingerprint density at radius 1 is 1.56 bits per heavy atom. The van der Waals surface area contributed by atoms with Crippen molar-refractivity contribution >= 4 is 0 Å². The van der Waals surface area contributed by atoms with Crippen LogP contribution in [-0.4, -0.2) is 35.1 Å². The van der Waals surface area contributed by atoms with Crippen molar-refractivity contribution in [3.63, 3.8) is 0 Å². The molecule has 1 unspecified atom stereocenters. The highest BCUT2D eigenvalue weighted by Gasteiger charge is 2.28. The van der Waals surface area contributed by atoms with Crippen LogP contribution in [0, 0.1) is 0 Å². The van der Waals surface area contributed by atoms with Gasteiger partial charge >= 0.3 is 0 Å². The predicted molar refractivity (Wildman–Crippen MR) is 65.5 cm³/mol. The molecule has 1 rings (SSSR count). The predicted octanol–water partition coefficient (Wildman–Crippen LogP) is 1.37. The summed E-state index contributed by atoms with van der Waals surface area (Å²) in [4.78, 5) is 0. The van der Waals surface area contributed by atoms with Gasteiger partial charge in [0, 0.05) is 26.4 Å². The van der Waals surface area contributed by atoms with Crippen molar-refractivity contribution in [3.8, 4) is 0 Å². The van der Waals surface area contributed by atoms with Gasteiger partial charge in [0.15, 0.2) is 0 Å². The van der Waals surface area contributed by atoms with Gasteiger partial charge in [0.2, 0.25) is 0 Å². The summed E-state index contributed by atoms with van der Waals surface area (Å²) in [6.45, 7) is 7.27. The summed E-state index contributed by atoms with van der Waals surface area (Å²) in [6, 6.07) is 0.298. The van der Waals surface area contributed by atoms with Gasteiger partial charge in [-0.05, 0) is 32.4 Å². The standard InChI is InChI=1S/C12H23N3O/c1-6-13-11(12(2,3)16-5)7-10-8-14-15(4)9-10/h8-9,11,13H,6-7H2,1-5H3. The Morgan fingerprint density at radius 2 is 2.25 bits per heavy atom. The fraction of sp³-hybridized carbons (Fsp3) is 0.750. The Hall–Kier alpha value is -0.870. The summed E-state index contributed by atoms with van der Waals surface area (Å²) in [5, 5.41) is 7.66. The minimum atomic E-state index is -0.175. The van der Waals surface area contributed by atoms with Crippen molar-refractivity contribution in [3.05, 3.63) is 18.0 Å². The first-order valence-corrected chi connectivity index (χ1v) is 5.75. The number of likely N-dealkylation sites (N-methyl/N-ethyl adjacent to an activating group) is 1. The first-order chi connectivity index (χ1) is 7.49. The Labute approximate surface area is 98.0 Å². The quantitative estimate of drug-likeness (QED) is 0.794. The number of ether oxygens (including phenoxy) is 1. The van der Waals surface area contributed by atoms with Gasteiger partial charge in [0.25, 0.3) is 0 Å². The van der Waals surface area contributed by atoms with Gasteiger partial charge in [0.1, 0.15) is 0 Å². The van der Waals surface area contributed by atoms with Crippen molar-refractivity contribution in [2.45, 2.75) is 38.8 Å². The smallest absolute Gasteiger partial charge is 0.0778 e. The van der Waals surface area contributed by atoms with E-state index in [1.807, 2.05) is 17.9 Å². The number of methoxy groups -OCH3 is 1. The number of aromatic nitrogens is 2. The van der Waals surface area contributed by atoms with Crippen molar-refractivity contribution in [2.75, 3.05) is 13.7 Å². The second kappa shape index (κ2) is 5.46. The van der Waals surface area contributed by atoms with Crippen LogP contribution in [0.15, 0.2) is 12.4 Å². The maximum atomic E-state index is 5.54. The summed E-state index contributed by atoms with van der Waals surface area (Å²) in [6.07, 6.45) is 4.90. The summed E-state index contributed by atoms with van der Waals surface area (Å²) in [5.41, 5.74) is 1.06. The summed E-state index contributed by atoms with van der Waals surface area (Å²) < 4.78 is 7.37. The van der Waals surface area contributed by atoms with Crippen LogP contribution in [0.25, 0.3) is 0 Å². The van der Waals surface area contributed by atoms with Crippen molar-refractivity contribution in [1.82, 2.24) is 15.1 Å². The second-order valence-electron chi connectivity index (χ2n) is 4.64. The molecule has 0 amide bonds. The largest absolute Gasteiger partial charge is 0.377 e. The molecule has 1 aromatic rings. The molecule has 0 aliphatic heterocycles. The van der Waals surface area contributed by atoms with E-state index in [9.17, 15) is 0 Å². The molecule has 0 aliphatic rings. The Balaban J connectivity index is 2.71. The molecule has 1 heterocycles. The number of aryl methyl sites for hydroxylation is 1. The molecule has 1 N–H and O–H groups in total. The van der Waals surface area contributed by atoms with E-state index in [1.165, 1.54) is 5.56 Å². The molecule has 1 aromatic heterocycles. The minimum Gasteiger partial charge on any atom is -0.377 e. The molecule has 1 atom stereocenters. The van der Waals surface area contributed by atoms with E-state index in [0.29, 0.717) is 6.04 Å². The first kappa shape index (κ1) is 13.2. The zero-order valence-electron chi connectivity index (χ0n) is 10.9. The monoisotopic (exact) mass is 225 g/mol. The molecule has 0 radical (unpaired) electrons. The van der Waals surface area contributed by atoms with Crippen LogP contribution < -0.4 is 5.32 Å². The summed E-state index contributed by atoms with van der Waals surface area (Å²) >= 11 is 0. The maximum Gasteiger partial charge on any atom is 0.0778 e. The number of nitrogens with one attached hydrogen (secondary N) is 1. The van der Waals surface area contributed by atoms with E-state index < -0.39 is 0 Å². The highest BCUT2D eigenvalue weighted by Crippen LogP contribution is 2.17. The maximum absolute atomic E-state index is 5.54. The van der Waals surface area contributed by atoms with E-state index in [1.54, 1.807) is 7.11 Å². The Kier molecular flexibility index (Phi) is 4.50. The molecule has 0 aromatic carbocycles. The molecule has 0 bridgehead atoms. The lowest BCUT2D eigenvalue weighted by atomic mass is 9.93. The van der Waals surface area contributed by atoms with E-state index in [-0.39, 0.29) is 5.60 Å². The van der Waals surface area contributed by atoms with Crippen LogP contribution in [0.5, 0.6) is 0 Å². The molecule has 0 saturated carbocycles. The summed E-state index contributed by atoms with van der Waals surface area (Å²) in [7, 11) is 3.70. The van der Waals surface area contributed by atoms with E-state index in [0.717, 1.165) is 13.0 Å². The van der Waals surface area contributed by atoms with Crippen molar-refractivity contribution in [1.29, 1.82) is 0 Å². The zero-order chi connectivity index (χ0) is 12.2. The molecule has 4 heteroatoms. The third kappa shape index (κ3) is 3.32. The highest BCUT2D eigenvalue weighted by atomic mass is 16.5. The molecule has 4 nitrogen and oxygen atoms in total. The molecule has 0 aliphatic carbocycles. The lowest BCUT2D eigenvalue weighted by Gasteiger charge is -2.33. The van der Waals surface area contributed by atoms with E-state index in [4.69, 9.17) is 4.74 Å². The molecule has 16 heavy (non-hydrogen) atoms. The number of hydrogen-bond acceptors (Lipinski definition) is 3. The lowest BCUT2D eigenvalue weighted by molar-refractivity contribution is -0.00960. The highest BCUT2D eigenvalue weighted by molar-refractivity contribution is 5.08. The molecule has 92 valence electrons. The molecular formula is C12H23N3O. The van der Waals surface area contributed by atoms with Crippen LogP contribution in [0.1, 0.15) is 26.3 Å².